The number of carbonyl (C=O) groups excluding carboxylic acids is 1. The van der Waals surface area contributed by atoms with E-state index in [0.717, 1.165) is 18.8 Å². The van der Waals surface area contributed by atoms with E-state index in [9.17, 15) is 4.79 Å². The van der Waals surface area contributed by atoms with Crippen molar-refractivity contribution in [3.05, 3.63) is 35.4 Å². The molecule has 1 aromatic carbocycles. The van der Waals surface area contributed by atoms with Crippen molar-refractivity contribution in [2.24, 2.45) is 10.9 Å². The monoisotopic (exact) mass is 293 g/mol. The van der Waals surface area contributed by atoms with E-state index in [1.54, 1.807) is 24.3 Å². The molecular weight excluding hydrogens is 274 g/mol. The van der Waals surface area contributed by atoms with Crippen molar-refractivity contribution < 1.29 is 10.0 Å². The molecule has 1 aliphatic heterocycles. The van der Waals surface area contributed by atoms with Crippen LogP contribution in [0.5, 0.6) is 0 Å². The molecule has 5 nitrogen and oxygen atoms in total. The molecule has 0 unspecified atom stereocenters. The first-order valence-corrected chi connectivity index (χ1v) is 7.43. The van der Waals surface area contributed by atoms with Crippen LogP contribution in [0.3, 0.4) is 0 Å². The highest BCUT2D eigenvalue weighted by molar-refractivity contribution is 8.00. The lowest BCUT2D eigenvalue weighted by Gasteiger charge is -2.37. The molecule has 108 valence electrons. The Morgan fingerprint density at radius 3 is 2.80 bits per heavy atom. The van der Waals surface area contributed by atoms with Crippen LogP contribution >= 0.6 is 11.8 Å². The van der Waals surface area contributed by atoms with Crippen LogP contribution in [0.15, 0.2) is 29.4 Å². The van der Waals surface area contributed by atoms with Crippen molar-refractivity contribution >= 4 is 23.5 Å². The number of amidine groups is 1. The van der Waals surface area contributed by atoms with Crippen LogP contribution in [0.2, 0.25) is 0 Å². The van der Waals surface area contributed by atoms with Gasteiger partial charge in [-0.05, 0) is 26.0 Å². The summed E-state index contributed by atoms with van der Waals surface area (Å²) in [6, 6.07) is 6.86. The molecule has 2 rings (SSSR count). The second kappa shape index (κ2) is 5.75. The van der Waals surface area contributed by atoms with Crippen LogP contribution in [0.4, 0.5) is 0 Å². The number of nitrogens with two attached hydrogens (primary N) is 1. The zero-order valence-corrected chi connectivity index (χ0v) is 12.5. The van der Waals surface area contributed by atoms with Gasteiger partial charge in [-0.1, -0.05) is 17.3 Å². The van der Waals surface area contributed by atoms with Crippen LogP contribution in [0.25, 0.3) is 0 Å². The molecule has 0 saturated carbocycles. The van der Waals surface area contributed by atoms with Crippen molar-refractivity contribution in [3.8, 4) is 0 Å². The van der Waals surface area contributed by atoms with E-state index in [1.807, 2.05) is 16.7 Å². The van der Waals surface area contributed by atoms with Crippen LogP contribution in [-0.2, 0) is 0 Å². The predicted octanol–water partition coefficient (Wildman–Crippen LogP) is 1.75. The van der Waals surface area contributed by atoms with E-state index in [0.29, 0.717) is 11.1 Å². The zero-order chi connectivity index (χ0) is 14.8. The Bertz CT molecular complexity index is 543. The molecule has 3 N–H and O–H groups in total. The summed E-state index contributed by atoms with van der Waals surface area (Å²) in [6.45, 7) is 5.76. The third kappa shape index (κ3) is 3.25. The summed E-state index contributed by atoms with van der Waals surface area (Å²) >= 11 is 1.88. The van der Waals surface area contributed by atoms with Gasteiger partial charge in [-0.25, -0.2) is 0 Å². The Morgan fingerprint density at radius 2 is 2.15 bits per heavy atom. The van der Waals surface area contributed by atoms with Gasteiger partial charge in [0.15, 0.2) is 5.84 Å². The smallest absolute Gasteiger partial charge is 0.253 e. The minimum atomic E-state index is -0.00837. The van der Waals surface area contributed by atoms with E-state index >= 15 is 0 Å². The summed E-state index contributed by atoms with van der Waals surface area (Å²) in [5, 5.41) is 11.7. The number of benzene rings is 1. The van der Waals surface area contributed by atoms with Crippen LogP contribution in [0.1, 0.15) is 29.8 Å². The highest BCUT2D eigenvalue weighted by atomic mass is 32.2. The van der Waals surface area contributed by atoms with E-state index in [4.69, 9.17) is 10.9 Å². The Morgan fingerprint density at radius 1 is 1.45 bits per heavy atom. The molecule has 1 saturated heterocycles. The average Bonchev–Trinajstić information content (AvgIpc) is 2.44. The predicted molar refractivity (Wildman–Crippen MR) is 81.4 cm³/mol. The third-order valence-corrected chi connectivity index (χ3v) is 4.52. The van der Waals surface area contributed by atoms with E-state index in [2.05, 4.69) is 19.0 Å². The molecule has 1 aliphatic rings. The largest absolute Gasteiger partial charge is 0.409 e. The number of hydrogen-bond donors (Lipinski definition) is 2. The van der Waals surface area contributed by atoms with E-state index in [-0.39, 0.29) is 16.5 Å². The first-order chi connectivity index (χ1) is 9.43. The number of carbonyl (C=O) groups is 1. The molecule has 0 radical (unpaired) electrons. The molecule has 0 bridgehead atoms. The summed E-state index contributed by atoms with van der Waals surface area (Å²) in [4.78, 5) is 14.4. The molecule has 0 atom stereocenters. The minimum absolute atomic E-state index is 0.00837. The number of nitrogens with zero attached hydrogens (tertiary/aromatic N) is 2. The number of rotatable bonds is 2. The van der Waals surface area contributed by atoms with Gasteiger partial charge in [0.25, 0.3) is 5.91 Å². The fraction of sp³-hybridized carbons (Fsp3) is 0.429. The number of thioether (sulfide) groups is 1. The molecule has 1 amide bonds. The third-order valence-electron chi connectivity index (χ3n) is 3.23. The van der Waals surface area contributed by atoms with Gasteiger partial charge in [0.05, 0.1) is 0 Å². The average molecular weight is 293 g/mol. The summed E-state index contributed by atoms with van der Waals surface area (Å²) in [7, 11) is 0. The lowest BCUT2D eigenvalue weighted by Crippen LogP contribution is -2.46. The topological polar surface area (TPSA) is 78.9 Å². The van der Waals surface area contributed by atoms with Gasteiger partial charge in [0.1, 0.15) is 0 Å². The summed E-state index contributed by atoms with van der Waals surface area (Å²) in [5.41, 5.74) is 6.67. The standard InChI is InChI=1S/C14H19N3O2S/c1-14(2)9-17(6-7-20-14)13(18)11-5-3-4-10(8-11)12(15)16-19/h3-5,8,19H,6-7,9H2,1-2H3,(H2,15,16). The second-order valence-electron chi connectivity index (χ2n) is 5.40. The first-order valence-electron chi connectivity index (χ1n) is 6.44. The van der Waals surface area contributed by atoms with Crippen molar-refractivity contribution in [3.63, 3.8) is 0 Å². The Balaban J connectivity index is 2.21. The number of hydrogen-bond acceptors (Lipinski definition) is 4. The Hall–Kier alpha value is -1.69. The first kappa shape index (κ1) is 14.7. The van der Waals surface area contributed by atoms with Gasteiger partial charge in [0.2, 0.25) is 0 Å². The van der Waals surface area contributed by atoms with E-state index in [1.165, 1.54) is 0 Å². The highest BCUT2D eigenvalue weighted by Gasteiger charge is 2.30. The maximum atomic E-state index is 12.5. The van der Waals surface area contributed by atoms with Crippen molar-refractivity contribution in [1.29, 1.82) is 0 Å². The van der Waals surface area contributed by atoms with Gasteiger partial charge in [-0.15, -0.1) is 0 Å². The fourth-order valence-corrected chi connectivity index (χ4v) is 3.35. The fourth-order valence-electron chi connectivity index (χ4n) is 2.24. The van der Waals surface area contributed by atoms with Crippen LogP contribution < -0.4 is 5.73 Å². The maximum Gasteiger partial charge on any atom is 0.253 e. The van der Waals surface area contributed by atoms with E-state index < -0.39 is 0 Å². The minimum Gasteiger partial charge on any atom is -0.409 e. The Labute approximate surface area is 122 Å². The summed E-state index contributed by atoms with van der Waals surface area (Å²) in [6.07, 6.45) is 0. The molecule has 1 aromatic rings. The van der Waals surface area contributed by atoms with Crippen molar-refractivity contribution in [2.75, 3.05) is 18.8 Å². The van der Waals surface area contributed by atoms with Gasteiger partial charge in [0, 0.05) is 34.7 Å². The molecule has 0 aliphatic carbocycles. The molecule has 0 aromatic heterocycles. The van der Waals surface area contributed by atoms with Gasteiger partial charge in [-0.3, -0.25) is 4.79 Å². The molecule has 1 heterocycles. The van der Waals surface area contributed by atoms with Crippen LogP contribution in [-0.4, -0.2) is 45.4 Å². The van der Waals surface area contributed by atoms with Crippen LogP contribution in [0, 0.1) is 0 Å². The van der Waals surface area contributed by atoms with Gasteiger partial charge in [-0.2, -0.15) is 11.8 Å². The number of oxime groups is 1. The number of amides is 1. The van der Waals surface area contributed by atoms with Gasteiger partial charge < -0.3 is 15.8 Å². The highest BCUT2D eigenvalue weighted by Crippen LogP contribution is 2.30. The molecular formula is C14H19N3O2S. The van der Waals surface area contributed by atoms with Gasteiger partial charge >= 0.3 is 0 Å². The summed E-state index contributed by atoms with van der Waals surface area (Å²) in [5.74, 6) is 0.943. The lowest BCUT2D eigenvalue weighted by molar-refractivity contribution is 0.0748. The SMILES string of the molecule is CC1(C)CN(C(=O)c2cccc(/C(N)=N/O)c2)CCS1. The zero-order valence-electron chi connectivity index (χ0n) is 11.7. The normalized spacial score (nSPS) is 18.9. The molecule has 6 heteroatoms. The second-order valence-corrected chi connectivity index (χ2v) is 7.20. The quantitative estimate of drug-likeness (QED) is 0.377. The molecule has 0 spiro atoms. The summed E-state index contributed by atoms with van der Waals surface area (Å²) < 4.78 is 0.0805. The van der Waals surface area contributed by atoms with Crippen molar-refractivity contribution in [1.82, 2.24) is 4.90 Å². The maximum absolute atomic E-state index is 12.5. The van der Waals surface area contributed by atoms with Crippen molar-refractivity contribution in [2.45, 2.75) is 18.6 Å². The molecule has 1 fully saturated rings. The lowest BCUT2D eigenvalue weighted by atomic mass is 10.1. The Kier molecular flexibility index (Phi) is 4.23. The molecule has 20 heavy (non-hydrogen) atoms.